The van der Waals surface area contributed by atoms with Crippen LogP contribution in [0.1, 0.15) is 31.0 Å². The number of benzene rings is 2. The summed E-state index contributed by atoms with van der Waals surface area (Å²) in [6.07, 6.45) is 0. The number of carbonyl (C=O) groups is 2. The number of esters is 1. The molecule has 0 bridgehead atoms. The monoisotopic (exact) mass is 396 g/mol. The van der Waals surface area contributed by atoms with E-state index >= 15 is 0 Å². The third-order valence-corrected chi connectivity index (χ3v) is 4.45. The van der Waals surface area contributed by atoms with Gasteiger partial charge in [-0.25, -0.2) is 9.59 Å². The van der Waals surface area contributed by atoms with Gasteiger partial charge in [-0.1, -0.05) is 36.4 Å². The lowest BCUT2D eigenvalue weighted by atomic mass is 9.92. The Kier molecular flexibility index (Phi) is 6.39. The van der Waals surface area contributed by atoms with Crippen LogP contribution in [0.4, 0.5) is 4.79 Å². The first-order valence-corrected chi connectivity index (χ1v) is 9.44. The van der Waals surface area contributed by atoms with Gasteiger partial charge in [-0.3, -0.25) is 0 Å². The minimum absolute atomic E-state index is 0.220. The summed E-state index contributed by atoms with van der Waals surface area (Å²) < 4.78 is 16.3. The summed E-state index contributed by atoms with van der Waals surface area (Å²) >= 11 is 0. The minimum atomic E-state index is -0.706. The van der Waals surface area contributed by atoms with Crippen LogP contribution in [0.2, 0.25) is 0 Å². The van der Waals surface area contributed by atoms with E-state index in [0.717, 1.165) is 0 Å². The van der Waals surface area contributed by atoms with Crippen LogP contribution in [0, 0.1) is 0 Å². The smallest absolute Gasteiger partial charge is 0.338 e. The van der Waals surface area contributed by atoms with Crippen LogP contribution < -0.4 is 20.1 Å². The molecule has 7 nitrogen and oxygen atoms in total. The molecule has 0 saturated heterocycles. The molecule has 7 heteroatoms. The molecule has 3 rings (SSSR count). The molecule has 2 amide bonds. The molecule has 2 aromatic rings. The second-order valence-electron chi connectivity index (χ2n) is 6.25. The van der Waals surface area contributed by atoms with Gasteiger partial charge in [0.15, 0.2) is 11.5 Å². The zero-order valence-electron chi connectivity index (χ0n) is 16.7. The van der Waals surface area contributed by atoms with E-state index in [9.17, 15) is 9.59 Å². The first kappa shape index (κ1) is 20.3. The summed E-state index contributed by atoms with van der Waals surface area (Å²) in [5.74, 6) is 0.599. The molecular weight excluding hydrogens is 372 g/mol. The highest BCUT2D eigenvalue weighted by Gasteiger charge is 2.34. The highest BCUT2D eigenvalue weighted by Crippen LogP contribution is 2.36. The maximum absolute atomic E-state index is 12.9. The lowest BCUT2D eigenvalue weighted by Gasteiger charge is -2.30. The van der Waals surface area contributed by atoms with E-state index in [1.54, 1.807) is 32.2 Å². The lowest BCUT2D eigenvalue weighted by Crippen LogP contribution is -2.45. The van der Waals surface area contributed by atoms with Crippen molar-refractivity contribution in [2.45, 2.75) is 19.9 Å². The molecule has 0 fully saturated rings. The second kappa shape index (κ2) is 9.14. The van der Waals surface area contributed by atoms with E-state index in [1.807, 2.05) is 37.3 Å². The quantitative estimate of drug-likeness (QED) is 0.701. The summed E-state index contributed by atoms with van der Waals surface area (Å²) in [7, 11) is 1.54. The van der Waals surface area contributed by atoms with Gasteiger partial charge >= 0.3 is 12.0 Å². The van der Waals surface area contributed by atoms with Gasteiger partial charge in [0.2, 0.25) is 0 Å². The molecule has 1 atom stereocenters. The molecule has 0 unspecified atom stereocenters. The molecule has 1 aliphatic heterocycles. The topological polar surface area (TPSA) is 85.9 Å². The zero-order chi connectivity index (χ0) is 20.8. The van der Waals surface area contributed by atoms with E-state index in [-0.39, 0.29) is 6.61 Å². The number of nitrogens with one attached hydrogen (secondary N) is 2. The Morgan fingerprint density at radius 2 is 1.79 bits per heavy atom. The van der Waals surface area contributed by atoms with Gasteiger partial charge in [0.25, 0.3) is 0 Å². The van der Waals surface area contributed by atoms with E-state index in [4.69, 9.17) is 14.2 Å². The number of amides is 2. The van der Waals surface area contributed by atoms with E-state index < -0.39 is 18.0 Å². The highest BCUT2D eigenvalue weighted by molar-refractivity contribution is 6.04. The van der Waals surface area contributed by atoms with Crippen LogP contribution in [0.3, 0.4) is 0 Å². The number of methoxy groups -OCH3 is 1. The standard InChI is InChI=1S/C22H24N2O5/c1-4-28-16-12-11-15(13-17(16)27-3)20-18(21(25)29-5-2)19(23-22(26)24-20)14-9-7-6-8-10-14/h6-13,20H,4-5H2,1-3H3,(H2,23,24,26)/t20-/m1/s1. The number of carbonyl (C=O) groups excluding carboxylic acids is 2. The molecule has 0 spiro atoms. The third-order valence-electron chi connectivity index (χ3n) is 4.45. The number of hydrogen-bond donors (Lipinski definition) is 2. The largest absolute Gasteiger partial charge is 0.493 e. The third kappa shape index (κ3) is 4.34. The predicted molar refractivity (Wildman–Crippen MR) is 109 cm³/mol. The van der Waals surface area contributed by atoms with E-state index in [0.29, 0.717) is 40.5 Å². The number of hydrogen-bond acceptors (Lipinski definition) is 5. The first-order chi connectivity index (χ1) is 14.1. The molecule has 0 saturated carbocycles. The van der Waals surface area contributed by atoms with Crippen molar-refractivity contribution in [2.75, 3.05) is 20.3 Å². The summed E-state index contributed by atoms with van der Waals surface area (Å²) in [6.45, 7) is 4.34. The Morgan fingerprint density at radius 1 is 1.03 bits per heavy atom. The van der Waals surface area contributed by atoms with Crippen LogP contribution in [-0.2, 0) is 9.53 Å². The van der Waals surface area contributed by atoms with E-state index in [2.05, 4.69) is 10.6 Å². The van der Waals surface area contributed by atoms with Crippen molar-refractivity contribution in [3.8, 4) is 11.5 Å². The molecule has 1 heterocycles. The summed E-state index contributed by atoms with van der Waals surface area (Å²) in [5.41, 5.74) is 2.14. The van der Waals surface area contributed by atoms with Gasteiger partial charge in [0.05, 0.1) is 37.6 Å². The van der Waals surface area contributed by atoms with Crippen molar-refractivity contribution in [1.29, 1.82) is 0 Å². The number of urea groups is 1. The average Bonchev–Trinajstić information content (AvgIpc) is 2.74. The molecule has 0 radical (unpaired) electrons. The van der Waals surface area contributed by atoms with Gasteiger partial charge in [0.1, 0.15) is 0 Å². The normalized spacial score (nSPS) is 16.0. The first-order valence-electron chi connectivity index (χ1n) is 9.44. The second-order valence-corrected chi connectivity index (χ2v) is 6.25. The van der Waals surface area contributed by atoms with Crippen LogP contribution in [0.15, 0.2) is 54.1 Å². The molecule has 29 heavy (non-hydrogen) atoms. The van der Waals surface area contributed by atoms with Crippen molar-refractivity contribution in [1.82, 2.24) is 10.6 Å². The van der Waals surface area contributed by atoms with Gasteiger partial charge in [-0.15, -0.1) is 0 Å². The molecule has 2 N–H and O–H groups in total. The fourth-order valence-corrected chi connectivity index (χ4v) is 3.21. The van der Waals surface area contributed by atoms with Crippen molar-refractivity contribution in [3.63, 3.8) is 0 Å². The lowest BCUT2D eigenvalue weighted by molar-refractivity contribution is -0.138. The maximum Gasteiger partial charge on any atom is 0.338 e. The molecule has 1 aliphatic rings. The van der Waals surface area contributed by atoms with Crippen molar-refractivity contribution in [3.05, 3.63) is 65.2 Å². The van der Waals surface area contributed by atoms with Crippen LogP contribution in [-0.4, -0.2) is 32.3 Å². The van der Waals surface area contributed by atoms with Crippen LogP contribution >= 0.6 is 0 Å². The predicted octanol–water partition coefficient (Wildman–Crippen LogP) is 3.42. The number of rotatable bonds is 7. The van der Waals surface area contributed by atoms with Gasteiger partial charge in [-0.05, 0) is 37.1 Å². The Bertz CT molecular complexity index is 924. The molecular formula is C22H24N2O5. The van der Waals surface area contributed by atoms with Gasteiger partial charge in [-0.2, -0.15) is 0 Å². The fraction of sp³-hybridized carbons (Fsp3) is 0.273. The SMILES string of the molecule is CCOC(=O)C1=C(c2ccccc2)NC(=O)N[C@@H]1c1ccc(OCC)c(OC)c1. The highest BCUT2D eigenvalue weighted by atomic mass is 16.5. The molecule has 152 valence electrons. The van der Waals surface area contributed by atoms with Crippen molar-refractivity contribution in [2.24, 2.45) is 0 Å². The Labute approximate surface area is 169 Å². The molecule has 0 aliphatic carbocycles. The molecule has 2 aromatic carbocycles. The molecule has 0 aromatic heterocycles. The van der Waals surface area contributed by atoms with Gasteiger partial charge in [0, 0.05) is 0 Å². The summed E-state index contributed by atoms with van der Waals surface area (Å²) in [6, 6.07) is 13.4. The van der Waals surface area contributed by atoms with Crippen molar-refractivity contribution < 1.29 is 23.8 Å². The van der Waals surface area contributed by atoms with Gasteiger partial charge < -0.3 is 24.8 Å². The Balaban J connectivity index is 2.15. The summed E-state index contributed by atoms with van der Waals surface area (Å²) in [5, 5.41) is 5.57. The Hall–Kier alpha value is -3.48. The van der Waals surface area contributed by atoms with E-state index in [1.165, 1.54) is 0 Å². The zero-order valence-corrected chi connectivity index (χ0v) is 16.7. The Morgan fingerprint density at radius 3 is 2.45 bits per heavy atom. The van der Waals surface area contributed by atoms with Crippen LogP contribution in [0.5, 0.6) is 11.5 Å². The fourth-order valence-electron chi connectivity index (χ4n) is 3.21. The average molecular weight is 396 g/mol. The van der Waals surface area contributed by atoms with Crippen LogP contribution in [0.25, 0.3) is 5.70 Å². The summed E-state index contributed by atoms with van der Waals surface area (Å²) in [4.78, 5) is 25.3. The minimum Gasteiger partial charge on any atom is -0.493 e. The van der Waals surface area contributed by atoms with Crippen molar-refractivity contribution >= 4 is 17.7 Å². The number of ether oxygens (including phenoxy) is 3. The maximum atomic E-state index is 12.9.